The summed E-state index contributed by atoms with van der Waals surface area (Å²) in [6.07, 6.45) is 4.98. The molecule has 1 heterocycles. The molecule has 0 unspecified atom stereocenters. The first-order valence-corrected chi connectivity index (χ1v) is 7.23. The Balaban J connectivity index is 1.53. The van der Waals surface area contributed by atoms with E-state index in [-0.39, 0.29) is 18.1 Å². The maximum Gasteiger partial charge on any atom is 0.323 e. The Morgan fingerprint density at radius 2 is 1.95 bits per heavy atom. The molecule has 0 aliphatic heterocycles. The molecule has 6 heteroatoms. The van der Waals surface area contributed by atoms with E-state index in [4.69, 9.17) is 4.42 Å². The summed E-state index contributed by atoms with van der Waals surface area (Å²) >= 11 is 0. The fraction of sp³-hybridized carbons (Fsp3) is 0.400. The molecule has 0 bridgehead atoms. The molecule has 110 valence electrons. The van der Waals surface area contributed by atoms with Gasteiger partial charge >= 0.3 is 12.0 Å². The van der Waals surface area contributed by atoms with E-state index in [9.17, 15) is 4.79 Å². The lowest BCUT2D eigenvalue weighted by Crippen LogP contribution is -2.36. The van der Waals surface area contributed by atoms with Crippen LogP contribution < -0.4 is 10.6 Å². The highest BCUT2D eigenvalue weighted by Gasteiger charge is 2.18. The average molecular weight is 286 g/mol. The number of amides is 2. The first-order chi connectivity index (χ1) is 10.3. The van der Waals surface area contributed by atoms with Gasteiger partial charge in [0.25, 0.3) is 0 Å². The third kappa shape index (κ3) is 3.81. The van der Waals surface area contributed by atoms with Gasteiger partial charge in [0.05, 0.1) is 6.42 Å². The van der Waals surface area contributed by atoms with Crippen LogP contribution in [0.3, 0.4) is 0 Å². The molecule has 1 aliphatic carbocycles. The summed E-state index contributed by atoms with van der Waals surface area (Å²) in [6.45, 7) is 0. The van der Waals surface area contributed by atoms with E-state index in [0.29, 0.717) is 12.3 Å². The lowest BCUT2D eigenvalue weighted by Gasteiger charge is -2.10. The van der Waals surface area contributed by atoms with Crippen LogP contribution in [0.5, 0.6) is 0 Å². The monoisotopic (exact) mass is 286 g/mol. The number of hydrogen-bond acceptors (Lipinski definition) is 4. The second-order valence-corrected chi connectivity index (χ2v) is 5.24. The molecule has 1 aliphatic rings. The fourth-order valence-electron chi connectivity index (χ4n) is 2.53. The van der Waals surface area contributed by atoms with Gasteiger partial charge in [-0.05, 0) is 18.4 Å². The molecule has 1 fully saturated rings. The van der Waals surface area contributed by atoms with Crippen LogP contribution in [0, 0.1) is 0 Å². The van der Waals surface area contributed by atoms with E-state index < -0.39 is 0 Å². The summed E-state index contributed by atoms with van der Waals surface area (Å²) in [7, 11) is 0. The van der Waals surface area contributed by atoms with Crippen LogP contribution in [0.25, 0.3) is 0 Å². The van der Waals surface area contributed by atoms with Gasteiger partial charge in [-0.1, -0.05) is 48.3 Å². The molecule has 0 radical (unpaired) electrons. The first kappa shape index (κ1) is 13.6. The van der Waals surface area contributed by atoms with Gasteiger partial charge in [-0.15, -0.1) is 5.10 Å². The van der Waals surface area contributed by atoms with E-state index in [1.165, 1.54) is 12.8 Å². The minimum Gasteiger partial charge on any atom is -0.407 e. The van der Waals surface area contributed by atoms with Crippen molar-refractivity contribution in [2.75, 3.05) is 5.32 Å². The first-order valence-electron chi connectivity index (χ1n) is 7.23. The van der Waals surface area contributed by atoms with Gasteiger partial charge in [-0.25, -0.2) is 4.79 Å². The van der Waals surface area contributed by atoms with E-state index in [2.05, 4.69) is 20.8 Å². The van der Waals surface area contributed by atoms with E-state index in [1.54, 1.807) is 0 Å². The van der Waals surface area contributed by atoms with Gasteiger partial charge in [-0.3, -0.25) is 5.32 Å². The van der Waals surface area contributed by atoms with Crippen molar-refractivity contribution in [3.8, 4) is 0 Å². The average Bonchev–Trinajstić information content (AvgIpc) is 3.12. The van der Waals surface area contributed by atoms with Gasteiger partial charge in [0.15, 0.2) is 0 Å². The zero-order valence-electron chi connectivity index (χ0n) is 11.7. The standard InChI is InChI=1S/C15H18N4O2/c20-14(16-12-8-4-5-9-12)17-15-19-18-13(21-15)10-11-6-2-1-3-7-11/h1-3,6-7,12H,4-5,8-10H2,(H2,16,17,19,20). The summed E-state index contributed by atoms with van der Waals surface area (Å²) in [5.74, 6) is 0.484. The summed E-state index contributed by atoms with van der Waals surface area (Å²) in [5.41, 5.74) is 1.09. The van der Waals surface area contributed by atoms with Crippen LogP contribution in [0.4, 0.5) is 10.8 Å². The zero-order valence-corrected chi connectivity index (χ0v) is 11.7. The summed E-state index contributed by atoms with van der Waals surface area (Å²) in [5, 5.41) is 13.3. The van der Waals surface area contributed by atoms with Gasteiger partial charge in [-0.2, -0.15) is 0 Å². The number of aromatic nitrogens is 2. The number of carbonyl (C=O) groups is 1. The fourth-order valence-corrected chi connectivity index (χ4v) is 2.53. The van der Waals surface area contributed by atoms with Gasteiger partial charge in [0.2, 0.25) is 5.89 Å². The molecular formula is C15H18N4O2. The van der Waals surface area contributed by atoms with Crippen molar-refractivity contribution in [3.05, 3.63) is 41.8 Å². The predicted octanol–water partition coefficient (Wildman–Crippen LogP) is 2.72. The number of nitrogens with one attached hydrogen (secondary N) is 2. The predicted molar refractivity (Wildman–Crippen MR) is 78.0 cm³/mol. The second kappa shape index (κ2) is 6.39. The van der Waals surface area contributed by atoms with Crippen LogP contribution in [0.2, 0.25) is 0 Å². The maximum absolute atomic E-state index is 11.8. The molecule has 2 aromatic rings. The number of hydrogen-bond donors (Lipinski definition) is 2. The lowest BCUT2D eigenvalue weighted by molar-refractivity contribution is 0.248. The van der Waals surface area contributed by atoms with Crippen molar-refractivity contribution < 1.29 is 9.21 Å². The van der Waals surface area contributed by atoms with Crippen LogP contribution in [0.15, 0.2) is 34.7 Å². The Morgan fingerprint density at radius 1 is 1.19 bits per heavy atom. The number of urea groups is 1. The summed E-state index contributed by atoms with van der Waals surface area (Å²) < 4.78 is 5.43. The quantitative estimate of drug-likeness (QED) is 0.905. The maximum atomic E-state index is 11.8. The molecule has 21 heavy (non-hydrogen) atoms. The Morgan fingerprint density at radius 3 is 2.71 bits per heavy atom. The minimum absolute atomic E-state index is 0.136. The Kier molecular flexibility index (Phi) is 4.14. The number of carbonyl (C=O) groups excluding carboxylic acids is 1. The second-order valence-electron chi connectivity index (χ2n) is 5.24. The number of rotatable bonds is 4. The topological polar surface area (TPSA) is 80.1 Å². The third-order valence-corrected chi connectivity index (χ3v) is 3.58. The van der Waals surface area contributed by atoms with E-state index >= 15 is 0 Å². The molecule has 3 rings (SSSR count). The Labute approximate surface area is 123 Å². The molecule has 0 saturated heterocycles. The lowest BCUT2D eigenvalue weighted by atomic mass is 10.2. The van der Waals surface area contributed by atoms with E-state index in [0.717, 1.165) is 18.4 Å². The summed E-state index contributed by atoms with van der Waals surface area (Å²) in [6, 6.07) is 9.97. The third-order valence-electron chi connectivity index (χ3n) is 3.58. The smallest absolute Gasteiger partial charge is 0.323 e. The highest BCUT2D eigenvalue weighted by atomic mass is 16.4. The molecule has 6 nitrogen and oxygen atoms in total. The SMILES string of the molecule is O=C(Nc1nnc(Cc2ccccc2)o1)NC1CCCC1. The molecule has 1 aromatic heterocycles. The Bertz CT molecular complexity index is 591. The number of nitrogens with zero attached hydrogens (tertiary/aromatic N) is 2. The summed E-state index contributed by atoms with van der Waals surface area (Å²) in [4.78, 5) is 11.8. The van der Waals surface area contributed by atoms with Crippen molar-refractivity contribution in [1.82, 2.24) is 15.5 Å². The van der Waals surface area contributed by atoms with Crippen LogP contribution >= 0.6 is 0 Å². The van der Waals surface area contributed by atoms with Crippen molar-refractivity contribution >= 4 is 12.0 Å². The van der Waals surface area contributed by atoms with Gasteiger partial charge in [0.1, 0.15) is 0 Å². The molecule has 2 N–H and O–H groups in total. The highest BCUT2D eigenvalue weighted by Crippen LogP contribution is 2.17. The largest absolute Gasteiger partial charge is 0.407 e. The van der Waals surface area contributed by atoms with Crippen LogP contribution in [-0.2, 0) is 6.42 Å². The van der Waals surface area contributed by atoms with Crippen molar-refractivity contribution in [2.24, 2.45) is 0 Å². The zero-order chi connectivity index (χ0) is 14.5. The van der Waals surface area contributed by atoms with Crippen LogP contribution in [-0.4, -0.2) is 22.3 Å². The molecule has 0 spiro atoms. The Hall–Kier alpha value is -2.37. The molecular weight excluding hydrogens is 268 g/mol. The number of anilines is 1. The van der Waals surface area contributed by atoms with Gasteiger partial charge < -0.3 is 9.73 Å². The minimum atomic E-state index is -0.281. The molecule has 1 aromatic carbocycles. The highest BCUT2D eigenvalue weighted by molar-refractivity contribution is 5.87. The number of benzene rings is 1. The van der Waals surface area contributed by atoms with Crippen molar-refractivity contribution in [2.45, 2.75) is 38.1 Å². The van der Waals surface area contributed by atoms with Crippen molar-refractivity contribution in [1.29, 1.82) is 0 Å². The normalized spacial score (nSPS) is 15.0. The molecule has 2 amide bonds. The van der Waals surface area contributed by atoms with Crippen LogP contribution in [0.1, 0.15) is 37.1 Å². The molecule has 0 atom stereocenters. The van der Waals surface area contributed by atoms with Gasteiger partial charge in [0, 0.05) is 6.04 Å². The molecule has 1 saturated carbocycles. The van der Waals surface area contributed by atoms with E-state index in [1.807, 2.05) is 30.3 Å². The van der Waals surface area contributed by atoms with Crippen molar-refractivity contribution in [3.63, 3.8) is 0 Å².